The van der Waals surface area contributed by atoms with Crippen LogP contribution in [0, 0.1) is 12.7 Å². The zero-order chi connectivity index (χ0) is 30.5. The summed E-state index contributed by atoms with van der Waals surface area (Å²) >= 11 is 0. The Labute approximate surface area is 241 Å². The molecule has 2 atom stereocenters. The molecule has 0 radical (unpaired) electrons. The minimum atomic E-state index is -3.34. The molecule has 0 aliphatic carbocycles. The highest BCUT2D eigenvalue weighted by molar-refractivity contribution is 5.87. The van der Waals surface area contributed by atoms with E-state index in [0.29, 0.717) is 11.3 Å². The highest BCUT2D eigenvalue weighted by Crippen LogP contribution is 2.48. The van der Waals surface area contributed by atoms with E-state index in [1.165, 1.54) is 16.7 Å². The van der Waals surface area contributed by atoms with E-state index in [0.717, 1.165) is 23.8 Å². The van der Waals surface area contributed by atoms with Crippen molar-refractivity contribution in [3.63, 3.8) is 0 Å². The topological polar surface area (TPSA) is 90.7 Å². The Balaban J connectivity index is 1.77. The number of nitrogens with zero attached hydrogens (tertiary/aromatic N) is 4. The summed E-state index contributed by atoms with van der Waals surface area (Å²) in [5, 5.41) is 12.9. The van der Waals surface area contributed by atoms with Gasteiger partial charge in [-0.15, -0.1) is 0 Å². The lowest BCUT2D eigenvalue weighted by molar-refractivity contribution is -0.128. The predicted octanol–water partition coefficient (Wildman–Crippen LogP) is 5.29. The van der Waals surface area contributed by atoms with Crippen molar-refractivity contribution in [3.8, 4) is 11.4 Å². The van der Waals surface area contributed by atoms with Crippen LogP contribution < -0.4 is 15.9 Å². The number of aryl methyl sites for hydroxylation is 1. The Hall–Kier alpha value is -4.54. The number of aromatic hydroxyl groups is 1. The zero-order valence-corrected chi connectivity index (χ0v) is 23.8. The van der Waals surface area contributed by atoms with E-state index in [2.05, 4.69) is 16.9 Å². The molecule has 1 saturated heterocycles. The van der Waals surface area contributed by atoms with Gasteiger partial charge in [-0.25, -0.2) is 22.5 Å². The van der Waals surface area contributed by atoms with Crippen molar-refractivity contribution in [3.05, 3.63) is 93.4 Å². The summed E-state index contributed by atoms with van der Waals surface area (Å²) in [7, 11) is 0. The van der Waals surface area contributed by atoms with Gasteiger partial charge in [0.25, 0.3) is 5.79 Å². The number of piperazine rings is 1. The molecular formula is C31H32F3N5O3. The van der Waals surface area contributed by atoms with Crippen LogP contribution in [0.2, 0.25) is 0 Å². The number of amides is 1. The first-order valence-electron chi connectivity index (χ1n) is 13.7. The first-order chi connectivity index (χ1) is 19.9. The van der Waals surface area contributed by atoms with Gasteiger partial charge in [0, 0.05) is 25.7 Å². The molecule has 11 heteroatoms. The maximum atomic E-state index is 16.7. The number of nitrogens with one attached hydrogen (secondary N) is 1. The second kappa shape index (κ2) is 10.7. The maximum absolute atomic E-state index is 16.7. The highest BCUT2D eigenvalue weighted by Gasteiger charge is 2.47. The molecule has 3 heterocycles. The van der Waals surface area contributed by atoms with E-state index in [-0.39, 0.29) is 54.7 Å². The number of para-hydroxylation sites is 1. The Kier molecular flexibility index (Phi) is 7.38. The molecule has 1 amide bonds. The lowest BCUT2D eigenvalue weighted by atomic mass is 9.95. The third-order valence-corrected chi connectivity index (χ3v) is 7.84. The minimum absolute atomic E-state index is 0.0555. The molecule has 0 saturated carbocycles. The van der Waals surface area contributed by atoms with Gasteiger partial charge < -0.3 is 20.2 Å². The van der Waals surface area contributed by atoms with Crippen molar-refractivity contribution in [1.29, 1.82) is 0 Å². The average molecular weight is 580 g/mol. The number of carbonyl (C=O) groups is 1. The third-order valence-electron chi connectivity index (χ3n) is 7.84. The van der Waals surface area contributed by atoms with E-state index in [9.17, 15) is 19.1 Å². The summed E-state index contributed by atoms with van der Waals surface area (Å²) < 4.78 is 48.7. The monoisotopic (exact) mass is 579 g/mol. The fourth-order valence-corrected chi connectivity index (χ4v) is 5.76. The number of fused-ring (bicyclic) bond motifs is 1. The molecule has 1 unspecified atom stereocenters. The minimum Gasteiger partial charge on any atom is -0.507 e. The van der Waals surface area contributed by atoms with E-state index in [1.807, 2.05) is 32.9 Å². The van der Waals surface area contributed by atoms with Gasteiger partial charge in [0.1, 0.15) is 23.2 Å². The molecule has 1 fully saturated rings. The SMILES string of the molecule is C=CC(=O)N1CCN(c2nc(=O)n(-c3c(C)cccc3C(C)C)c3c2C=C(F)C(F)(c2c(O)cccc2F)N3)C[C@@H]1C. The van der Waals surface area contributed by atoms with Gasteiger partial charge in [-0.3, -0.25) is 4.79 Å². The van der Waals surface area contributed by atoms with Crippen LogP contribution in [0.1, 0.15) is 48.9 Å². The summed E-state index contributed by atoms with van der Waals surface area (Å²) in [5.41, 5.74) is 0.242. The Morgan fingerprint density at radius 2 is 1.93 bits per heavy atom. The quantitative estimate of drug-likeness (QED) is 0.315. The van der Waals surface area contributed by atoms with Crippen molar-refractivity contribution in [2.24, 2.45) is 0 Å². The zero-order valence-electron chi connectivity index (χ0n) is 23.8. The normalized spacial score (nSPS) is 20.2. The van der Waals surface area contributed by atoms with Crippen LogP contribution in [0.4, 0.5) is 24.8 Å². The molecule has 2 aliphatic heterocycles. The van der Waals surface area contributed by atoms with Gasteiger partial charge in [0.15, 0.2) is 5.83 Å². The predicted molar refractivity (Wildman–Crippen MR) is 156 cm³/mol. The number of benzene rings is 2. The fraction of sp³-hybridized carbons (Fsp3) is 0.323. The van der Waals surface area contributed by atoms with E-state index in [4.69, 9.17) is 0 Å². The number of hydrogen-bond donors (Lipinski definition) is 2. The number of anilines is 2. The lowest BCUT2D eigenvalue weighted by Gasteiger charge is -2.41. The van der Waals surface area contributed by atoms with Crippen molar-refractivity contribution < 1.29 is 23.1 Å². The summed E-state index contributed by atoms with van der Waals surface area (Å²) in [6.07, 6.45) is 2.11. The van der Waals surface area contributed by atoms with Crippen molar-refractivity contribution in [2.75, 3.05) is 29.9 Å². The van der Waals surface area contributed by atoms with Crippen LogP contribution in [-0.4, -0.2) is 51.1 Å². The Morgan fingerprint density at radius 3 is 2.57 bits per heavy atom. The number of halogens is 3. The Morgan fingerprint density at radius 1 is 1.21 bits per heavy atom. The molecule has 220 valence electrons. The van der Waals surface area contributed by atoms with E-state index >= 15 is 8.78 Å². The number of alkyl halides is 1. The van der Waals surface area contributed by atoms with Crippen molar-refractivity contribution >= 4 is 23.6 Å². The summed E-state index contributed by atoms with van der Waals surface area (Å²) in [6, 6.07) is 8.30. The molecule has 2 aliphatic rings. The first-order valence-corrected chi connectivity index (χ1v) is 13.7. The number of hydrogen-bond acceptors (Lipinski definition) is 6. The number of phenols is 1. The molecule has 2 aromatic carbocycles. The smallest absolute Gasteiger partial charge is 0.355 e. The van der Waals surface area contributed by atoms with Crippen molar-refractivity contribution in [1.82, 2.24) is 14.5 Å². The van der Waals surface area contributed by atoms with Crippen LogP contribution in [0.25, 0.3) is 11.8 Å². The lowest BCUT2D eigenvalue weighted by Crippen LogP contribution is -2.54. The summed E-state index contributed by atoms with van der Waals surface area (Å²) in [4.78, 5) is 33.9. The van der Waals surface area contributed by atoms with E-state index in [1.54, 1.807) is 22.8 Å². The van der Waals surface area contributed by atoms with E-state index < -0.39 is 34.4 Å². The van der Waals surface area contributed by atoms with Gasteiger partial charge in [0.05, 0.1) is 16.8 Å². The first kappa shape index (κ1) is 29.0. The number of carbonyl (C=O) groups excluding carboxylic acids is 1. The largest absolute Gasteiger partial charge is 0.507 e. The summed E-state index contributed by atoms with van der Waals surface area (Å²) in [6.45, 7) is 11.8. The number of aromatic nitrogens is 2. The van der Waals surface area contributed by atoms with Crippen LogP contribution in [0.15, 0.2) is 59.7 Å². The molecule has 8 nitrogen and oxygen atoms in total. The van der Waals surface area contributed by atoms with Crippen LogP contribution in [-0.2, 0) is 10.6 Å². The van der Waals surface area contributed by atoms with Crippen molar-refractivity contribution in [2.45, 2.75) is 45.4 Å². The van der Waals surface area contributed by atoms with Gasteiger partial charge in [0.2, 0.25) is 5.91 Å². The third kappa shape index (κ3) is 4.62. The van der Waals surface area contributed by atoms with Crippen LogP contribution in [0.3, 0.4) is 0 Å². The molecule has 3 aromatic rings. The molecule has 0 spiro atoms. The fourth-order valence-electron chi connectivity index (χ4n) is 5.76. The number of rotatable bonds is 5. The molecule has 42 heavy (non-hydrogen) atoms. The second-order valence-electron chi connectivity index (χ2n) is 10.9. The molecule has 0 bridgehead atoms. The summed E-state index contributed by atoms with van der Waals surface area (Å²) in [5.74, 6) is -7.08. The van der Waals surface area contributed by atoms with Gasteiger partial charge in [-0.05, 0) is 55.2 Å². The molecule has 1 aromatic heterocycles. The average Bonchev–Trinajstić information content (AvgIpc) is 2.93. The maximum Gasteiger partial charge on any atom is 0.355 e. The molecule has 5 rings (SSSR count). The Bertz CT molecular complexity index is 1660. The number of phenolic OH excluding ortho intramolecular Hbond substituents is 1. The molecule has 2 N–H and O–H groups in total. The second-order valence-corrected chi connectivity index (χ2v) is 10.9. The standard InChI is InChI=1S/C31H32F3N5O3/c1-6-25(41)38-14-13-37(16-19(38)5)28-21-15-24(33)31(34,26-22(32)11-8-12-23(26)40)36-29(21)39(30(42)35-28)27-18(4)9-7-10-20(27)17(2)3/h6-12,15,17,19,36,40H,1,13-14,16H2,2-5H3/t19-,31?/m0/s1. The van der Waals surface area contributed by atoms with Crippen LogP contribution >= 0.6 is 0 Å². The highest BCUT2D eigenvalue weighted by atomic mass is 19.2. The van der Waals surface area contributed by atoms with Crippen LogP contribution in [0.5, 0.6) is 5.75 Å². The van der Waals surface area contributed by atoms with Gasteiger partial charge >= 0.3 is 5.69 Å². The van der Waals surface area contributed by atoms with Gasteiger partial charge in [-0.2, -0.15) is 4.98 Å². The van der Waals surface area contributed by atoms with Gasteiger partial charge in [-0.1, -0.05) is 44.7 Å². The molecular weight excluding hydrogens is 547 g/mol.